The highest BCUT2D eigenvalue weighted by Crippen LogP contribution is 2.31. The molecule has 1 N–H and O–H groups in total. The Balaban J connectivity index is 1.67. The number of ketones is 1. The number of rotatable bonds is 7. The average Bonchev–Trinajstić information content (AvgIpc) is 3.21. The zero-order valence-corrected chi connectivity index (χ0v) is 17.0. The molecule has 0 unspecified atom stereocenters. The number of fused-ring (bicyclic) bond motifs is 2. The van der Waals surface area contributed by atoms with Gasteiger partial charge in [-0.3, -0.25) is 4.79 Å². The first kappa shape index (κ1) is 18.8. The lowest BCUT2D eigenvalue weighted by molar-refractivity contribution is 0.0995. The summed E-state index contributed by atoms with van der Waals surface area (Å²) < 4.78 is 7.40. The van der Waals surface area contributed by atoms with Crippen molar-refractivity contribution in [2.75, 3.05) is 13.7 Å². The molecule has 28 heavy (non-hydrogen) atoms. The first-order valence-corrected chi connectivity index (χ1v) is 10.2. The second-order valence-corrected chi connectivity index (χ2v) is 8.13. The molecule has 4 rings (SSSR count). The van der Waals surface area contributed by atoms with Crippen molar-refractivity contribution in [2.24, 2.45) is 0 Å². The maximum Gasteiger partial charge on any atom is 0.178 e. The van der Waals surface area contributed by atoms with Crippen LogP contribution in [-0.4, -0.2) is 39.3 Å². The van der Waals surface area contributed by atoms with Crippen molar-refractivity contribution in [3.63, 3.8) is 0 Å². The molecule has 0 amide bonds. The number of hydrogen-bond donors (Lipinski definition) is 1. The maximum atomic E-state index is 13.3. The maximum absolute atomic E-state index is 13.3. The van der Waals surface area contributed by atoms with Gasteiger partial charge in [0.05, 0.1) is 22.9 Å². The van der Waals surface area contributed by atoms with Crippen molar-refractivity contribution < 1.29 is 9.53 Å². The van der Waals surface area contributed by atoms with Crippen molar-refractivity contribution >= 4 is 39.5 Å². The van der Waals surface area contributed by atoms with Crippen LogP contribution in [0.25, 0.3) is 21.9 Å². The molecule has 2 heterocycles. The van der Waals surface area contributed by atoms with E-state index in [1.807, 2.05) is 56.3 Å². The van der Waals surface area contributed by atoms with E-state index in [9.17, 15) is 4.79 Å². The minimum Gasteiger partial charge on any atom is -0.383 e. The fourth-order valence-electron chi connectivity index (χ4n) is 3.55. The van der Waals surface area contributed by atoms with Crippen molar-refractivity contribution in [1.82, 2.24) is 14.5 Å². The Kier molecular flexibility index (Phi) is 5.24. The third kappa shape index (κ3) is 3.34. The first-order valence-electron chi connectivity index (χ1n) is 9.32. The number of nitrogens with one attached hydrogen (secondary N) is 1. The summed E-state index contributed by atoms with van der Waals surface area (Å²) >= 11 is 1.50. The van der Waals surface area contributed by atoms with Gasteiger partial charge in [0.2, 0.25) is 0 Å². The molecule has 0 saturated heterocycles. The van der Waals surface area contributed by atoms with Crippen molar-refractivity contribution in [3.05, 3.63) is 59.8 Å². The molecule has 0 aliphatic rings. The third-order valence-electron chi connectivity index (χ3n) is 4.93. The quantitative estimate of drug-likeness (QED) is 0.361. The SMILES string of the molecule is COCCn1c(S[C@@H](C)C(=O)c2c(C)[nH]c3ccccc23)nc2ccccc21. The van der Waals surface area contributed by atoms with Crippen molar-refractivity contribution in [1.29, 1.82) is 0 Å². The van der Waals surface area contributed by atoms with Crippen LogP contribution in [0.1, 0.15) is 23.0 Å². The van der Waals surface area contributed by atoms with Crippen LogP contribution in [0.5, 0.6) is 0 Å². The van der Waals surface area contributed by atoms with Crippen LogP contribution in [0.15, 0.2) is 53.7 Å². The molecule has 0 spiro atoms. The van der Waals surface area contributed by atoms with E-state index in [1.54, 1.807) is 7.11 Å². The molecule has 0 aliphatic carbocycles. The van der Waals surface area contributed by atoms with E-state index >= 15 is 0 Å². The van der Waals surface area contributed by atoms with Gasteiger partial charge in [0.25, 0.3) is 0 Å². The second-order valence-electron chi connectivity index (χ2n) is 6.82. The van der Waals surface area contributed by atoms with Gasteiger partial charge in [-0.1, -0.05) is 42.1 Å². The monoisotopic (exact) mass is 393 g/mol. The van der Waals surface area contributed by atoms with E-state index in [4.69, 9.17) is 9.72 Å². The molecule has 4 aromatic rings. The number of benzene rings is 2. The highest BCUT2D eigenvalue weighted by atomic mass is 32.2. The topological polar surface area (TPSA) is 59.9 Å². The van der Waals surface area contributed by atoms with E-state index in [1.165, 1.54) is 11.8 Å². The number of thioether (sulfide) groups is 1. The molecule has 0 aliphatic heterocycles. The van der Waals surface area contributed by atoms with Gasteiger partial charge in [0, 0.05) is 35.8 Å². The van der Waals surface area contributed by atoms with E-state index in [0.29, 0.717) is 13.2 Å². The van der Waals surface area contributed by atoms with Crippen LogP contribution in [0.3, 0.4) is 0 Å². The lowest BCUT2D eigenvalue weighted by Gasteiger charge is -2.12. The Bertz CT molecular complexity index is 1150. The largest absolute Gasteiger partial charge is 0.383 e. The van der Waals surface area contributed by atoms with Crippen LogP contribution in [-0.2, 0) is 11.3 Å². The molecule has 0 radical (unpaired) electrons. The van der Waals surface area contributed by atoms with E-state index in [-0.39, 0.29) is 11.0 Å². The number of nitrogens with zero attached hydrogens (tertiary/aromatic N) is 2. The fourth-order valence-corrected chi connectivity index (χ4v) is 4.56. The Morgan fingerprint density at radius 2 is 1.96 bits per heavy atom. The number of aryl methyl sites for hydroxylation is 1. The average molecular weight is 394 g/mol. The van der Waals surface area contributed by atoms with E-state index in [2.05, 4.69) is 15.6 Å². The standard InChI is InChI=1S/C22H23N3O2S/c1-14-20(16-8-4-5-9-17(16)23-14)21(26)15(2)28-22-24-18-10-6-7-11-19(18)25(22)12-13-27-3/h4-11,15,23H,12-13H2,1-3H3/t15-/m0/s1. The Labute approximate surface area is 168 Å². The number of Topliss-reactive ketones (excluding diaryl/α,β-unsaturated/α-hetero) is 1. The van der Waals surface area contributed by atoms with Gasteiger partial charge >= 0.3 is 0 Å². The molecule has 0 saturated carbocycles. The fraction of sp³-hybridized carbons (Fsp3) is 0.273. The van der Waals surface area contributed by atoms with Crippen molar-refractivity contribution in [2.45, 2.75) is 30.8 Å². The van der Waals surface area contributed by atoms with Gasteiger partial charge in [-0.05, 0) is 32.0 Å². The number of H-pyrrole nitrogens is 1. The molecule has 0 bridgehead atoms. The van der Waals surface area contributed by atoms with Gasteiger partial charge in [0.15, 0.2) is 10.9 Å². The summed E-state index contributed by atoms with van der Waals surface area (Å²) in [6.07, 6.45) is 0. The third-order valence-corrected chi connectivity index (χ3v) is 6.02. The van der Waals surface area contributed by atoms with E-state index < -0.39 is 0 Å². The summed E-state index contributed by atoms with van der Waals surface area (Å²) in [7, 11) is 1.69. The van der Waals surface area contributed by atoms with Gasteiger partial charge in [-0.2, -0.15) is 0 Å². The van der Waals surface area contributed by atoms with Gasteiger partial charge < -0.3 is 14.3 Å². The van der Waals surface area contributed by atoms with Crippen LogP contribution < -0.4 is 0 Å². The second kappa shape index (κ2) is 7.81. The minimum atomic E-state index is -0.254. The number of aromatic amines is 1. The zero-order valence-electron chi connectivity index (χ0n) is 16.2. The Hall–Kier alpha value is -2.57. The first-order chi connectivity index (χ1) is 13.6. The minimum absolute atomic E-state index is 0.116. The summed E-state index contributed by atoms with van der Waals surface area (Å²) in [4.78, 5) is 21.4. The van der Waals surface area contributed by atoms with Crippen LogP contribution in [0.4, 0.5) is 0 Å². The normalized spacial score (nSPS) is 12.7. The van der Waals surface area contributed by atoms with Gasteiger partial charge in [0.1, 0.15) is 0 Å². The zero-order chi connectivity index (χ0) is 19.7. The predicted octanol–water partition coefficient (Wildman–Crippen LogP) is 4.84. The number of para-hydroxylation sites is 3. The van der Waals surface area contributed by atoms with E-state index in [0.717, 1.165) is 38.4 Å². The summed E-state index contributed by atoms with van der Waals surface area (Å²) in [6, 6.07) is 16.0. The van der Waals surface area contributed by atoms with Crippen molar-refractivity contribution in [3.8, 4) is 0 Å². The van der Waals surface area contributed by atoms with Gasteiger partial charge in [-0.15, -0.1) is 0 Å². The smallest absolute Gasteiger partial charge is 0.178 e. The number of aromatic nitrogens is 3. The van der Waals surface area contributed by atoms with Crippen LogP contribution >= 0.6 is 11.8 Å². The molecule has 2 aromatic heterocycles. The highest BCUT2D eigenvalue weighted by molar-refractivity contribution is 8.00. The number of methoxy groups -OCH3 is 1. The summed E-state index contributed by atoms with van der Waals surface area (Å²) in [5, 5.41) is 1.57. The number of carbonyl (C=O) groups is 1. The highest BCUT2D eigenvalue weighted by Gasteiger charge is 2.24. The number of imidazole rings is 1. The number of ether oxygens (including phenoxy) is 1. The van der Waals surface area contributed by atoms with Gasteiger partial charge in [-0.25, -0.2) is 4.98 Å². The summed E-state index contributed by atoms with van der Waals surface area (Å²) in [6.45, 7) is 5.21. The molecule has 6 heteroatoms. The lowest BCUT2D eigenvalue weighted by atomic mass is 10.1. The molecular formula is C22H23N3O2S. The Morgan fingerprint density at radius 3 is 2.79 bits per heavy atom. The number of hydrogen-bond acceptors (Lipinski definition) is 4. The van der Waals surface area contributed by atoms with Crippen LogP contribution in [0, 0.1) is 6.92 Å². The Morgan fingerprint density at radius 1 is 1.21 bits per heavy atom. The molecule has 5 nitrogen and oxygen atoms in total. The van der Waals surface area contributed by atoms with Crippen LogP contribution in [0.2, 0.25) is 0 Å². The molecule has 2 aromatic carbocycles. The summed E-state index contributed by atoms with van der Waals surface area (Å²) in [5.74, 6) is 0.116. The summed E-state index contributed by atoms with van der Waals surface area (Å²) in [5.41, 5.74) is 4.67. The number of carbonyl (C=O) groups excluding carboxylic acids is 1. The predicted molar refractivity (Wildman–Crippen MR) is 114 cm³/mol. The molecular weight excluding hydrogens is 370 g/mol. The molecule has 1 atom stereocenters. The molecule has 144 valence electrons. The lowest BCUT2D eigenvalue weighted by Crippen LogP contribution is -2.16. The molecule has 0 fully saturated rings.